The molecule has 8 heteroatoms. The molecular formula is C32H12N8. The Hall–Kier alpha value is -6.84. The first-order valence-electron chi connectivity index (χ1n) is 14.1. The highest BCUT2D eigenvalue weighted by Gasteiger charge is 2.11. The summed E-state index contributed by atoms with van der Waals surface area (Å²) in [6.45, 7) is 14.8. The summed E-state index contributed by atoms with van der Waals surface area (Å²) < 4.78 is 50.1. The molecule has 0 aliphatic carbocycles. The summed E-state index contributed by atoms with van der Waals surface area (Å²) in [6, 6.07) is 10.3. The molecule has 0 atom stereocenters. The minimum atomic E-state index is -0.575. The molecule has 0 saturated heterocycles. The van der Waals surface area contributed by atoms with E-state index < -0.39 is 58.8 Å². The molecule has 0 bridgehead atoms. The average molecular weight is 515 g/mol. The average Bonchev–Trinajstić information content (AvgIpc) is 3.05. The molecule has 2 heterocycles. The first kappa shape index (κ1) is 18.4. The quantitative estimate of drug-likeness (QED) is 0.239. The van der Waals surface area contributed by atoms with E-state index in [0.29, 0.717) is 21.8 Å². The summed E-state index contributed by atoms with van der Waals surface area (Å²) in [5.74, 6) is 0. The number of benzene rings is 3. The summed E-state index contributed by atoms with van der Waals surface area (Å²) in [5, 5.41) is 40.5. The number of fused-ring (bicyclic) bond motifs is 3. The Labute approximate surface area is 236 Å². The molecule has 0 aliphatic rings. The Balaban J connectivity index is 1.93. The minimum Gasteiger partial charge on any atom is -0.256 e. The van der Waals surface area contributed by atoms with Crippen molar-refractivity contribution in [2.45, 2.75) is 0 Å². The fraction of sp³-hybridized carbons (Fsp3) is 0. The van der Waals surface area contributed by atoms with Crippen LogP contribution in [0.25, 0.3) is 42.6 Å². The van der Waals surface area contributed by atoms with Gasteiger partial charge in [-0.25, -0.2) is 9.69 Å². The SMILES string of the molecule is [2H]c1c(C#N)c([2H])c(/C(C#N)=c2\cnc3ccc4nc/c(=C(/C#N)c5c([2H])c(C#N)c([2H])c([N+]#[C-])c5[2H])cc4c3c2)c([2H])c1[N+]#[C-]. The number of nitriles is 4. The highest BCUT2D eigenvalue weighted by molar-refractivity contribution is 6.05. The lowest BCUT2D eigenvalue weighted by atomic mass is 9.99. The van der Waals surface area contributed by atoms with Gasteiger partial charge in [0, 0.05) is 47.5 Å². The third kappa shape index (κ3) is 4.41. The molecule has 0 fully saturated rings. The van der Waals surface area contributed by atoms with E-state index >= 15 is 0 Å². The van der Waals surface area contributed by atoms with Gasteiger partial charge >= 0.3 is 0 Å². The zero-order valence-corrected chi connectivity index (χ0v) is 20.0. The molecule has 0 saturated carbocycles. The van der Waals surface area contributed by atoms with E-state index in [1.54, 1.807) is 24.3 Å². The molecule has 2 aromatic heterocycles. The van der Waals surface area contributed by atoms with Gasteiger partial charge in [-0.1, -0.05) is 0 Å². The van der Waals surface area contributed by atoms with Crippen molar-refractivity contribution in [3.63, 3.8) is 0 Å². The number of nitrogens with zero attached hydrogens (tertiary/aromatic N) is 8. The van der Waals surface area contributed by atoms with Crippen LogP contribution in [0.3, 0.4) is 0 Å². The molecule has 8 nitrogen and oxygen atoms in total. The largest absolute Gasteiger partial charge is 0.256 e. The van der Waals surface area contributed by atoms with Gasteiger partial charge in [0.15, 0.2) is 11.4 Å². The lowest BCUT2D eigenvalue weighted by Crippen LogP contribution is -2.10. The minimum absolute atomic E-state index is 0.130. The van der Waals surface area contributed by atoms with Crippen molar-refractivity contribution in [2.75, 3.05) is 0 Å². The van der Waals surface area contributed by atoms with Crippen molar-refractivity contribution in [1.82, 2.24) is 9.97 Å². The lowest BCUT2D eigenvalue weighted by molar-refractivity contribution is 1.34. The van der Waals surface area contributed by atoms with Crippen molar-refractivity contribution in [2.24, 2.45) is 0 Å². The molecule has 0 radical (unpaired) electrons. The van der Waals surface area contributed by atoms with Gasteiger partial charge in [-0.15, -0.1) is 0 Å². The van der Waals surface area contributed by atoms with Crippen LogP contribution in [0, 0.1) is 58.5 Å². The summed E-state index contributed by atoms with van der Waals surface area (Å²) in [5.41, 5.74) is -2.13. The predicted molar refractivity (Wildman–Crippen MR) is 147 cm³/mol. The topological polar surface area (TPSA) is 130 Å². The predicted octanol–water partition coefficient (Wildman–Crippen LogP) is 5.07. The van der Waals surface area contributed by atoms with Gasteiger partial charge in [-0.05, 0) is 71.6 Å². The first-order chi connectivity index (χ1) is 22.1. The van der Waals surface area contributed by atoms with Gasteiger partial charge in [-0.3, -0.25) is 9.97 Å². The molecule has 3 aromatic carbocycles. The second-order valence-corrected chi connectivity index (χ2v) is 8.01. The van der Waals surface area contributed by atoms with Gasteiger partial charge in [0.25, 0.3) is 0 Å². The number of rotatable bonds is 2. The van der Waals surface area contributed by atoms with Gasteiger partial charge in [0.2, 0.25) is 0 Å². The summed E-state index contributed by atoms with van der Waals surface area (Å²) in [6.07, 6.45) is 2.65. The normalized spacial score (nSPS) is 13.8. The fourth-order valence-electron chi connectivity index (χ4n) is 3.99. The van der Waals surface area contributed by atoms with E-state index in [4.69, 9.17) is 21.4 Å². The van der Waals surface area contributed by atoms with Crippen LogP contribution in [0.15, 0.2) is 72.9 Å². The van der Waals surface area contributed by atoms with Crippen LogP contribution in [0.2, 0.25) is 0 Å². The second kappa shape index (κ2) is 10.3. The standard InChI is InChI=1S/C32H12N8/c1-37-25-7-19(13-33)5-21(9-25)29(15-35)23-11-27-28-12-24(18-40-32(28)4-3-31(27)39-17-23)30(16-36)22-6-20(14-34)8-26(10-22)38-2/h3-12,17-18H/b29-23-,30-24-/i5D,6D,7D,8D,9D,10D. The molecule has 180 valence electrons. The van der Waals surface area contributed by atoms with E-state index in [0.717, 1.165) is 0 Å². The molecule has 0 spiro atoms. The van der Waals surface area contributed by atoms with Crippen LogP contribution < -0.4 is 10.4 Å². The molecule has 5 rings (SSSR count). The number of aromatic nitrogens is 2. The number of hydrogen-bond acceptors (Lipinski definition) is 6. The van der Waals surface area contributed by atoms with Crippen LogP contribution in [0.5, 0.6) is 0 Å². The monoisotopic (exact) mass is 514 g/mol. The van der Waals surface area contributed by atoms with Gasteiger partial charge in [0.1, 0.15) is 12.1 Å². The highest BCUT2D eigenvalue weighted by Crippen LogP contribution is 2.25. The highest BCUT2D eigenvalue weighted by atomic mass is 14.7. The van der Waals surface area contributed by atoms with Crippen molar-refractivity contribution in [3.8, 4) is 24.3 Å². The summed E-state index contributed by atoms with van der Waals surface area (Å²) in [7, 11) is 0. The Morgan fingerprint density at radius 2 is 1.10 bits per heavy atom. The maximum Gasteiger partial charge on any atom is 0.189 e. The Kier molecular flexibility index (Phi) is 4.72. The Morgan fingerprint density at radius 3 is 1.45 bits per heavy atom. The number of hydrogen-bond donors (Lipinski definition) is 0. The molecule has 40 heavy (non-hydrogen) atoms. The van der Waals surface area contributed by atoms with Crippen LogP contribution in [0.4, 0.5) is 11.4 Å². The zero-order valence-electron chi connectivity index (χ0n) is 26.0. The van der Waals surface area contributed by atoms with Crippen LogP contribution in [-0.2, 0) is 0 Å². The van der Waals surface area contributed by atoms with Crippen molar-refractivity contribution < 1.29 is 8.22 Å². The van der Waals surface area contributed by atoms with Crippen LogP contribution in [-0.4, -0.2) is 9.97 Å². The summed E-state index contributed by atoms with van der Waals surface area (Å²) in [4.78, 5) is 15.2. The van der Waals surface area contributed by atoms with E-state index in [-0.39, 0.29) is 32.7 Å². The van der Waals surface area contributed by atoms with Crippen LogP contribution >= 0.6 is 0 Å². The second-order valence-electron chi connectivity index (χ2n) is 8.01. The molecule has 0 aliphatic heterocycles. The smallest absolute Gasteiger partial charge is 0.189 e. The van der Waals surface area contributed by atoms with E-state index in [1.807, 2.05) is 12.1 Å². The van der Waals surface area contributed by atoms with Crippen molar-refractivity contribution in [3.05, 3.63) is 128 Å². The molecule has 5 aromatic rings. The van der Waals surface area contributed by atoms with Crippen LogP contribution in [0.1, 0.15) is 30.5 Å². The van der Waals surface area contributed by atoms with Gasteiger partial charge in [-0.2, -0.15) is 21.0 Å². The maximum absolute atomic E-state index is 10.2. The fourth-order valence-corrected chi connectivity index (χ4v) is 3.99. The molecule has 0 amide bonds. The number of pyridine rings is 2. The first-order valence-corrected chi connectivity index (χ1v) is 11.1. The zero-order chi connectivity index (χ0) is 33.4. The summed E-state index contributed by atoms with van der Waals surface area (Å²) >= 11 is 0. The van der Waals surface area contributed by atoms with Gasteiger partial charge in [0.05, 0.1) is 52.9 Å². The third-order valence-corrected chi connectivity index (χ3v) is 5.75. The van der Waals surface area contributed by atoms with Crippen molar-refractivity contribution >= 4 is 44.3 Å². The Morgan fingerprint density at radius 1 is 0.675 bits per heavy atom. The van der Waals surface area contributed by atoms with E-state index in [2.05, 4.69) is 19.7 Å². The molecule has 0 N–H and O–H groups in total. The van der Waals surface area contributed by atoms with Crippen molar-refractivity contribution in [1.29, 1.82) is 21.0 Å². The molecule has 0 unspecified atom stereocenters. The van der Waals surface area contributed by atoms with E-state index in [1.165, 1.54) is 24.5 Å². The maximum atomic E-state index is 10.2. The third-order valence-electron chi connectivity index (χ3n) is 5.75. The lowest BCUT2D eigenvalue weighted by Gasteiger charge is -2.06. The Bertz CT molecular complexity index is 2360. The van der Waals surface area contributed by atoms with Gasteiger partial charge < -0.3 is 0 Å². The molecular weight excluding hydrogens is 496 g/mol. The van der Waals surface area contributed by atoms with E-state index in [9.17, 15) is 21.0 Å².